The van der Waals surface area contributed by atoms with Gasteiger partial charge in [-0.05, 0) is 17.7 Å². The van der Waals surface area contributed by atoms with Crippen molar-refractivity contribution in [1.29, 1.82) is 5.53 Å². The fourth-order valence-electron chi connectivity index (χ4n) is 0.863. The molecule has 0 saturated carbocycles. The Morgan fingerprint density at radius 2 is 2.00 bits per heavy atom. The Morgan fingerprint density at radius 3 is 2.42 bits per heavy atom. The van der Waals surface area contributed by atoms with Crippen molar-refractivity contribution in [1.82, 2.24) is 0 Å². The van der Waals surface area contributed by atoms with E-state index in [1.165, 1.54) is 0 Å². The quantitative estimate of drug-likeness (QED) is 0.670. The lowest BCUT2D eigenvalue weighted by molar-refractivity contribution is -0.136. The van der Waals surface area contributed by atoms with Crippen LogP contribution in [0.1, 0.15) is 5.56 Å². The van der Waals surface area contributed by atoms with Gasteiger partial charge in [-0.3, -0.25) is 4.79 Å². The minimum Gasteiger partial charge on any atom is -0.481 e. The number of carbonyl (C=O) groups is 1. The molecule has 0 amide bonds. The fourth-order valence-corrected chi connectivity index (χ4v) is 0.863. The number of hydrogen-bond acceptors (Lipinski definition) is 3. The fraction of sp³-hybridized carbons (Fsp3) is 0.125. The summed E-state index contributed by atoms with van der Waals surface area (Å²) in [5.41, 5.74) is 7.91. The van der Waals surface area contributed by atoms with E-state index in [0.717, 1.165) is 5.56 Å². The molecule has 0 fully saturated rings. The normalized spacial score (nSPS) is 9.33. The molecule has 0 aliphatic carbocycles. The van der Waals surface area contributed by atoms with Gasteiger partial charge in [0.25, 0.3) is 0 Å². The van der Waals surface area contributed by atoms with E-state index in [1.54, 1.807) is 24.3 Å². The summed E-state index contributed by atoms with van der Waals surface area (Å²) >= 11 is 0. The van der Waals surface area contributed by atoms with Crippen LogP contribution in [0.5, 0.6) is 0 Å². The minimum absolute atomic E-state index is 0.0122. The molecule has 0 aliphatic heterocycles. The number of hydrogen-bond donors (Lipinski definition) is 2. The van der Waals surface area contributed by atoms with Gasteiger partial charge in [-0.1, -0.05) is 12.1 Å². The number of nitrogens with one attached hydrogen (secondary N) is 1. The molecule has 12 heavy (non-hydrogen) atoms. The highest BCUT2D eigenvalue weighted by Crippen LogP contribution is 2.12. The third-order valence-corrected chi connectivity index (χ3v) is 1.42. The highest BCUT2D eigenvalue weighted by Gasteiger charge is 1.98. The molecule has 4 nitrogen and oxygen atoms in total. The van der Waals surface area contributed by atoms with Crippen LogP contribution in [0.25, 0.3) is 0 Å². The van der Waals surface area contributed by atoms with Crippen molar-refractivity contribution in [3.05, 3.63) is 29.8 Å². The lowest BCUT2D eigenvalue weighted by Crippen LogP contribution is -1.98. The number of nitrogens with zero attached hydrogens (tertiary/aromatic N) is 1. The van der Waals surface area contributed by atoms with Gasteiger partial charge >= 0.3 is 5.97 Å². The highest BCUT2D eigenvalue weighted by molar-refractivity contribution is 5.70. The van der Waals surface area contributed by atoms with Gasteiger partial charge in [0.15, 0.2) is 0 Å². The average molecular weight is 164 g/mol. The van der Waals surface area contributed by atoms with Gasteiger partial charge < -0.3 is 5.11 Å². The molecule has 0 heterocycles. The van der Waals surface area contributed by atoms with Crippen LogP contribution in [0.4, 0.5) is 5.69 Å². The molecule has 0 spiro atoms. The van der Waals surface area contributed by atoms with Crippen LogP contribution in [-0.2, 0) is 11.2 Å². The summed E-state index contributed by atoms with van der Waals surface area (Å²) in [6.45, 7) is 0. The van der Waals surface area contributed by atoms with Gasteiger partial charge in [0.2, 0.25) is 0 Å². The second kappa shape index (κ2) is 3.61. The summed E-state index contributed by atoms with van der Waals surface area (Å²) < 4.78 is 0. The predicted molar refractivity (Wildman–Crippen MR) is 42.6 cm³/mol. The first-order valence-electron chi connectivity index (χ1n) is 3.40. The molecule has 0 radical (unpaired) electrons. The smallest absolute Gasteiger partial charge is 0.307 e. The standard InChI is InChI=1S/C8H8N2O2/c9-10-7-3-1-6(2-4-7)5-8(11)12/h1-4,9H,5H2,(H,11,12). The molecule has 1 aromatic carbocycles. The number of carboxylic acids is 1. The molecule has 1 rings (SSSR count). The van der Waals surface area contributed by atoms with E-state index >= 15 is 0 Å². The summed E-state index contributed by atoms with van der Waals surface area (Å²) in [5.74, 6) is -0.856. The van der Waals surface area contributed by atoms with Crippen LogP contribution < -0.4 is 0 Å². The molecule has 1 aromatic rings. The van der Waals surface area contributed by atoms with E-state index in [0.29, 0.717) is 5.69 Å². The summed E-state index contributed by atoms with van der Waals surface area (Å²) in [6, 6.07) is 6.54. The molecule has 0 aliphatic rings. The van der Waals surface area contributed by atoms with Gasteiger partial charge in [0, 0.05) is 0 Å². The highest BCUT2D eigenvalue weighted by atomic mass is 16.4. The lowest BCUT2D eigenvalue weighted by Gasteiger charge is -1.95. The maximum Gasteiger partial charge on any atom is 0.307 e. The molecule has 0 atom stereocenters. The second-order valence-electron chi connectivity index (χ2n) is 2.35. The Bertz CT molecular complexity index is 292. The molecule has 62 valence electrons. The average Bonchev–Trinajstić information content (AvgIpc) is 2.05. The van der Waals surface area contributed by atoms with E-state index < -0.39 is 5.97 Å². The van der Waals surface area contributed by atoms with Crippen LogP contribution in [0.3, 0.4) is 0 Å². The molecule has 0 aromatic heterocycles. The second-order valence-corrected chi connectivity index (χ2v) is 2.35. The van der Waals surface area contributed by atoms with Gasteiger partial charge in [0.1, 0.15) is 0 Å². The van der Waals surface area contributed by atoms with Crippen LogP contribution in [0.2, 0.25) is 0 Å². The van der Waals surface area contributed by atoms with Crippen molar-refractivity contribution in [2.75, 3.05) is 0 Å². The zero-order valence-corrected chi connectivity index (χ0v) is 6.32. The van der Waals surface area contributed by atoms with Crippen molar-refractivity contribution in [2.24, 2.45) is 5.11 Å². The number of aliphatic carboxylic acids is 1. The summed E-state index contributed by atoms with van der Waals surface area (Å²) in [4.78, 5) is 10.3. The first-order chi connectivity index (χ1) is 5.72. The van der Waals surface area contributed by atoms with Gasteiger partial charge in [-0.15, -0.1) is 0 Å². The minimum atomic E-state index is -0.856. The number of rotatable bonds is 3. The first-order valence-corrected chi connectivity index (χ1v) is 3.40. The van der Waals surface area contributed by atoms with Crippen LogP contribution >= 0.6 is 0 Å². The molecule has 0 unspecified atom stereocenters. The molecule has 2 N–H and O–H groups in total. The topological polar surface area (TPSA) is 73.5 Å². The molecule has 4 heteroatoms. The van der Waals surface area contributed by atoms with E-state index in [4.69, 9.17) is 10.6 Å². The zero-order valence-electron chi connectivity index (χ0n) is 6.32. The van der Waals surface area contributed by atoms with E-state index in [2.05, 4.69) is 5.11 Å². The molecule has 0 bridgehead atoms. The summed E-state index contributed by atoms with van der Waals surface area (Å²) in [5, 5.41) is 11.6. The summed E-state index contributed by atoms with van der Waals surface area (Å²) in [6.07, 6.45) is 0.0122. The van der Waals surface area contributed by atoms with Crippen molar-refractivity contribution in [3.8, 4) is 0 Å². The molecular formula is C8H8N2O2. The van der Waals surface area contributed by atoms with E-state index in [-0.39, 0.29) is 6.42 Å². The maximum absolute atomic E-state index is 10.3. The SMILES string of the molecule is N=Nc1ccc(CC(=O)O)cc1. The third kappa shape index (κ3) is 2.16. The largest absolute Gasteiger partial charge is 0.481 e. The molecular weight excluding hydrogens is 156 g/mol. The van der Waals surface area contributed by atoms with Crippen LogP contribution in [0, 0.1) is 5.53 Å². The molecule has 0 saturated heterocycles. The Hall–Kier alpha value is -1.71. The van der Waals surface area contributed by atoms with Crippen molar-refractivity contribution in [3.63, 3.8) is 0 Å². The zero-order chi connectivity index (χ0) is 8.97. The predicted octanol–water partition coefficient (Wildman–Crippen LogP) is 1.98. The Balaban J connectivity index is 2.77. The Morgan fingerprint density at radius 1 is 1.42 bits per heavy atom. The van der Waals surface area contributed by atoms with Crippen molar-refractivity contribution < 1.29 is 9.90 Å². The van der Waals surface area contributed by atoms with Gasteiger partial charge in [-0.25, -0.2) is 5.53 Å². The van der Waals surface area contributed by atoms with Gasteiger partial charge in [0.05, 0.1) is 12.1 Å². The van der Waals surface area contributed by atoms with E-state index in [1.807, 2.05) is 0 Å². The van der Waals surface area contributed by atoms with Gasteiger partial charge in [-0.2, -0.15) is 5.11 Å². The van der Waals surface area contributed by atoms with Crippen LogP contribution in [-0.4, -0.2) is 11.1 Å². The summed E-state index contributed by atoms with van der Waals surface area (Å²) in [7, 11) is 0. The first kappa shape index (κ1) is 8.39. The Kier molecular flexibility index (Phi) is 2.53. The lowest BCUT2D eigenvalue weighted by atomic mass is 10.1. The third-order valence-electron chi connectivity index (χ3n) is 1.42. The van der Waals surface area contributed by atoms with Crippen molar-refractivity contribution in [2.45, 2.75) is 6.42 Å². The number of benzene rings is 1. The van der Waals surface area contributed by atoms with Crippen LogP contribution in [0.15, 0.2) is 29.4 Å². The van der Waals surface area contributed by atoms with Crippen molar-refractivity contribution >= 4 is 11.7 Å². The maximum atomic E-state index is 10.3. The monoisotopic (exact) mass is 164 g/mol. The van der Waals surface area contributed by atoms with E-state index in [9.17, 15) is 4.79 Å². The number of carboxylic acid groups (broad SMARTS) is 1. The Labute approximate surface area is 69.4 Å².